The highest BCUT2D eigenvalue weighted by molar-refractivity contribution is 5.66. The lowest BCUT2D eigenvalue weighted by atomic mass is 9.55. The maximum absolute atomic E-state index is 11.5. The van der Waals surface area contributed by atoms with Gasteiger partial charge in [0.05, 0.1) is 7.11 Å². The summed E-state index contributed by atoms with van der Waals surface area (Å²) in [7, 11) is 1.76. The van der Waals surface area contributed by atoms with Crippen LogP contribution < -0.4 is 4.74 Å². The second-order valence-electron chi connectivity index (χ2n) is 8.65. The van der Waals surface area contributed by atoms with Crippen molar-refractivity contribution < 1.29 is 14.3 Å². The van der Waals surface area contributed by atoms with E-state index in [4.69, 9.17) is 9.47 Å². The Balaban J connectivity index is 1.66. The zero-order valence-corrected chi connectivity index (χ0v) is 15.9. The molecule has 5 atom stereocenters. The van der Waals surface area contributed by atoms with E-state index in [-0.39, 0.29) is 17.5 Å². The summed E-state index contributed by atoms with van der Waals surface area (Å²) in [4.78, 5) is 11.5. The third kappa shape index (κ3) is 2.58. The third-order valence-corrected chi connectivity index (χ3v) is 7.46. The molecule has 0 heterocycles. The van der Waals surface area contributed by atoms with E-state index in [1.54, 1.807) is 19.6 Å². The van der Waals surface area contributed by atoms with Crippen LogP contribution >= 0.6 is 0 Å². The molecule has 2 fully saturated rings. The average molecular weight is 342 g/mol. The van der Waals surface area contributed by atoms with Gasteiger partial charge in [0.2, 0.25) is 0 Å². The van der Waals surface area contributed by atoms with Crippen molar-refractivity contribution in [2.45, 2.75) is 71.3 Å². The van der Waals surface area contributed by atoms with E-state index in [1.807, 2.05) is 0 Å². The Morgan fingerprint density at radius 1 is 1.20 bits per heavy atom. The predicted molar refractivity (Wildman–Crippen MR) is 97.9 cm³/mol. The van der Waals surface area contributed by atoms with Gasteiger partial charge in [-0.3, -0.25) is 4.79 Å². The minimum Gasteiger partial charge on any atom is -0.497 e. The second-order valence-corrected chi connectivity index (χ2v) is 8.65. The van der Waals surface area contributed by atoms with Crippen LogP contribution in [0.15, 0.2) is 12.1 Å². The molecule has 3 heteroatoms. The molecule has 0 aromatic heterocycles. The van der Waals surface area contributed by atoms with Crippen LogP contribution in [0.3, 0.4) is 0 Å². The summed E-state index contributed by atoms with van der Waals surface area (Å²) < 4.78 is 11.2. The van der Waals surface area contributed by atoms with Crippen molar-refractivity contribution in [3.8, 4) is 5.75 Å². The van der Waals surface area contributed by atoms with E-state index < -0.39 is 0 Å². The van der Waals surface area contributed by atoms with Gasteiger partial charge in [0.15, 0.2) is 0 Å². The Labute approximate surface area is 151 Å². The van der Waals surface area contributed by atoms with Crippen LogP contribution in [0.25, 0.3) is 0 Å². The molecule has 2 saturated carbocycles. The van der Waals surface area contributed by atoms with Gasteiger partial charge in [-0.25, -0.2) is 0 Å². The first-order valence-corrected chi connectivity index (χ1v) is 9.78. The molecule has 136 valence electrons. The molecule has 0 bridgehead atoms. The Kier molecular flexibility index (Phi) is 4.09. The third-order valence-electron chi connectivity index (χ3n) is 7.46. The molecule has 4 rings (SSSR count). The molecule has 5 unspecified atom stereocenters. The van der Waals surface area contributed by atoms with Crippen LogP contribution in [-0.4, -0.2) is 19.2 Å². The lowest BCUT2D eigenvalue weighted by Gasteiger charge is -2.50. The largest absolute Gasteiger partial charge is 0.497 e. The SMILES string of the molecule is COc1cc(C)c2c(c1)CCC1C2CCC2(C)C(OC(C)=O)CCC12. The highest BCUT2D eigenvalue weighted by Crippen LogP contribution is 2.62. The van der Waals surface area contributed by atoms with Crippen LogP contribution in [0.4, 0.5) is 0 Å². The first kappa shape index (κ1) is 16.9. The fraction of sp³-hybridized carbons (Fsp3) is 0.682. The predicted octanol–water partition coefficient (Wildman–Crippen LogP) is 4.79. The number of carbonyl (C=O) groups is 1. The summed E-state index contributed by atoms with van der Waals surface area (Å²) in [5.74, 6) is 2.96. The smallest absolute Gasteiger partial charge is 0.302 e. The van der Waals surface area contributed by atoms with Gasteiger partial charge >= 0.3 is 5.97 Å². The number of rotatable bonds is 2. The van der Waals surface area contributed by atoms with E-state index in [9.17, 15) is 4.79 Å². The molecule has 25 heavy (non-hydrogen) atoms. The van der Waals surface area contributed by atoms with E-state index in [0.717, 1.165) is 24.5 Å². The fourth-order valence-corrected chi connectivity index (χ4v) is 6.41. The molecule has 3 nitrogen and oxygen atoms in total. The molecule has 0 amide bonds. The molecular weight excluding hydrogens is 312 g/mol. The van der Waals surface area contributed by atoms with Crippen LogP contribution in [0.1, 0.15) is 68.6 Å². The monoisotopic (exact) mass is 342 g/mol. The molecule has 0 spiro atoms. The summed E-state index contributed by atoms with van der Waals surface area (Å²) in [6, 6.07) is 4.45. The normalized spacial score (nSPS) is 36.2. The van der Waals surface area contributed by atoms with Crippen LogP contribution in [-0.2, 0) is 16.0 Å². The summed E-state index contributed by atoms with van der Waals surface area (Å²) in [6.45, 7) is 6.18. The lowest BCUT2D eigenvalue weighted by Crippen LogP contribution is -2.45. The van der Waals surface area contributed by atoms with Gasteiger partial charge in [-0.2, -0.15) is 0 Å². The first-order valence-electron chi connectivity index (χ1n) is 9.78. The maximum atomic E-state index is 11.5. The minimum atomic E-state index is -0.120. The molecule has 1 aromatic carbocycles. The van der Waals surface area contributed by atoms with E-state index in [0.29, 0.717) is 11.8 Å². The second kappa shape index (κ2) is 6.03. The van der Waals surface area contributed by atoms with Gasteiger partial charge in [0.1, 0.15) is 11.9 Å². The molecular formula is C22H30O3. The van der Waals surface area contributed by atoms with Gasteiger partial charge in [-0.05, 0) is 92.0 Å². The van der Waals surface area contributed by atoms with Crippen molar-refractivity contribution in [1.29, 1.82) is 0 Å². The van der Waals surface area contributed by atoms with Crippen molar-refractivity contribution in [2.75, 3.05) is 7.11 Å². The average Bonchev–Trinajstić information content (AvgIpc) is 2.90. The number of aryl methyl sites for hydroxylation is 2. The van der Waals surface area contributed by atoms with Crippen molar-refractivity contribution in [2.24, 2.45) is 17.3 Å². The number of benzene rings is 1. The summed E-state index contributed by atoms with van der Waals surface area (Å²) in [5.41, 5.74) is 4.65. The standard InChI is InChI=1S/C22H30O3/c1-13-11-16(24-4)12-15-5-6-17-18(21(13)15)9-10-22(3)19(17)7-8-20(22)25-14(2)23/h11-12,17-20H,5-10H2,1-4H3. The topological polar surface area (TPSA) is 35.5 Å². The summed E-state index contributed by atoms with van der Waals surface area (Å²) >= 11 is 0. The van der Waals surface area contributed by atoms with Crippen LogP contribution in [0.5, 0.6) is 5.75 Å². The van der Waals surface area contributed by atoms with E-state index in [1.165, 1.54) is 36.8 Å². The number of methoxy groups -OCH3 is 1. The Bertz CT molecular complexity index is 695. The van der Waals surface area contributed by atoms with Crippen molar-refractivity contribution >= 4 is 5.97 Å². The Hall–Kier alpha value is -1.51. The zero-order valence-electron chi connectivity index (χ0n) is 15.9. The number of hydrogen-bond acceptors (Lipinski definition) is 3. The van der Waals surface area contributed by atoms with E-state index in [2.05, 4.69) is 26.0 Å². The Morgan fingerprint density at radius 3 is 2.72 bits per heavy atom. The molecule has 0 saturated heterocycles. The number of fused-ring (bicyclic) bond motifs is 5. The molecule has 0 aliphatic heterocycles. The van der Waals surface area contributed by atoms with Gasteiger partial charge < -0.3 is 9.47 Å². The van der Waals surface area contributed by atoms with E-state index >= 15 is 0 Å². The van der Waals surface area contributed by atoms with Gasteiger partial charge in [-0.1, -0.05) is 6.92 Å². The fourth-order valence-electron chi connectivity index (χ4n) is 6.41. The zero-order chi connectivity index (χ0) is 17.8. The van der Waals surface area contributed by atoms with Crippen LogP contribution in [0.2, 0.25) is 0 Å². The van der Waals surface area contributed by atoms with Gasteiger partial charge in [0, 0.05) is 12.3 Å². The number of ether oxygens (including phenoxy) is 2. The lowest BCUT2D eigenvalue weighted by molar-refractivity contribution is -0.154. The quantitative estimate of drug-likeness (QED) is 0.725. The summed E-state index contributed by atoms with van der Waals surface area (Å²) in [5, 5.41) is 0. The first-order chi connectivity index (χ1) is 11.9. The van der Waals surface area contributed by atoms with Crippen molar-refractivity contribution in [3.63, 3.8) is 0 Å². The van der Waals surface area contributed by atoms with Gasteiger partial charge in [-0.15, -0.1) is 0 Å². The number of esters is 1. The molecule has 3 aliphatic rings. The number of carbonyl (C=O) groups excluding carboxylic acids is 1. The van der Waals surface area contributed by atoms with Crippen molar-refractivity contribution in [3.05, 3.63) is 28.8 Å². The highest BCUT2D eigenvalue weighted by atomic mass is 16.5. The highest BCUT2D eigenvalue weighted by Gasteiger charge is 2.56. The van der Waals surface area contributed by atoms with Gasteiger partial charge in [0.25, 0.3) is 0 Å². The van der Waals surface area contributed by atoms with Crippen molar-refractivity contribution in [1.82, 2.24) is 0 Å². The molecule has 1 aromatic rings. The minimum absolute atomic E-state index is 0.120. The maximum Gasteiger partial charge on any atom is 0.302 e. The molecule has 3 aliphatic carbocycles. The number of hydrogen-bond donors (Lipinski definition) is 0. The molecule has 0 radical (unpaired) electrons. The Morgan fingerprint density at radius 2 is 2.00 bits per heavy atom. The van der Waals surface area contributed by atoms with Crippen LogP contribution in [0, 0.1) is 24.2 Å². The summed E-state index contributed by atoms with van der Waals surface area (Å²) in [6.07, 6.45) is 7.17. The molecule has 0 N–H and O–H groups in total.